The minimum atomic E-state index is 0.232. The molecule has 7 heteroatoms. The van der Waals surface area contributed by atoms with Gasteiger partial charge >= 0.3 is 0 Å². The fraction of sp³-hybridized carbons (Fsp3) is 0.333. The standard InChI is InChI=1S/C18H17N5OS/c1-10(2)13-8-12-14(9-24-13)25-18-15(12)17-20-21-22-23(17)16(19-18)11-6-4-3-5-7-11/h3-7,10,13H,8-9H2,1-2H3/t13-/m0/s1. The van der Waals surface area contributed by atoms with Gasteiger partial charge in [-0.3, -0.25) is 0 Å². The number of hydrogen-bond acceptors (Lipinski definition) is 6. The summed E-state index contributed by atoms with van der Waals surface area (Å²) in [6, 6.07) is 10.0. The molecule has 0 N–H and O–H groups in total. The number of benzene rings is 1. The van der Waals surface area contributed by atoms with E-state index in [4.69, 9.17) is 9.72 Å². The first-order chi connectivity index (χ1) is 12.2. The molecule has 0 spiro atoms. The SMILES string of the molecule is CC(C)[C@@H]1Cc2c(sc3nc(-c4ccccc4)n4nnnc4c23)CO1. The molecular formula is C18H17N5OS. The molecule has 1 aliphatic rings. The van der Waals surface area contributed by atoms with Crippen molar-refractivity contribution in [3.05, 3.63) is 40.8 Å². The maximum absolute atomic E-state index is 6.03. The van der Waals surface area contributed by atoms with E-state index in [1.807, 2.05) is 30.3 Å². The van der Waals surface area contributed by atoms with Crippen LogP contribution in [0, 0.1) is 5.92 Å². The van der Waals surface area contributed by atoms with Crippen LogP contribution < -0.4 is 0 Å². The number of thiophene rings is 1. The first-order valence-corrected chi connectivity index (χ1v) is 9.23. The van der Waals surface area contributed by atoms with E-state index in [1.165, 1.54) is 10.4 Å². The van der Waals surface area contributed by atoms with Crippen LogP contribution in [0.2, 0.25) is 0 Å². The van der Waals surface area contributed by atoms with Crippen LogP contribution in [-0.4, -0.2) is 31.1 Å². The number of ether oxygens (including phenoxy) is 1. The van der Waals surface area contributed by atoms with Gasteiger partial charge in [-0.2, -0.15) is 4.52 Å². The Balaban J connectivity index is 1.78. The molecule has 5 rings (SSSR count). The fourth-order valence-electron chi connectivity index (χ4n) is 3.41. The van der Waals surface area contributed by atoms with Gasteiger partial charge in [-0.15, -0.1) is 16.4 Å². The van der Waals surface area contributed by atoms with Gasteiger partial charge in [0.15, 0.2) is 11.5 Å². The van der Waals surface area contributed by atoms with Gasteiger partial charge in [0.1, 0.15) is 4.83 Å². The highest BCUT2D eigenvalue weighted by atomic mass is 32.1. The molecule has 0 radical (unpaired) electrons. The molecule has 0 saturated heterocycles. The Morgan fingerprint density at radius 2 is 2.08 bits per heavy atom. The van der Waals surface area contributed by atoms with Crippen molar-refractivity contribution in [1.29, 1.82) is 0 Å². The van der Waals surface area contributed by atoms with E-state index in [2.05, 4.69) is 29.4 Å². The van der Waals surface area contributed by atoms with Crippen molar-refractivity contribution < 1.29 is 4.74 Å². The largest absolute Gasteiger partial charge is 0.372 e. The molecule has 0 unspecified atom stereocenters. The molecule has 3 aromatic heterocycles. The van der Waals surface area contributed by atoms with Crippen molar-refractivity contribution in [2.75, 3.05) is 0 Å². The molecule has 0 fully saturated rings. The number of hydrogen-bond donors (Lipinski definition) is 0. The van der Waals surface area contributed by atoms with Crippen LogP contribution >= 0.6 is 11.3 Å². The van der Waals surface area contributed by atoms with Crippen LogP contribution in [0.1, 0.15) is 24.3 Å². The lowest BCUT2D eigenvalue weighted by atomic mass is 9.96. The zero-order chi connectivity index (χ0) is 17.0. The Bertz CT molecular complexity index is 1070. The summed E-state index contributed by atoms with van der Waals surface area (Å²) in [4.78, 5) is 7.13. The highest BCUT2D eigenvalue weighted by molar-refractivity contribution is 7.19. The molecule has 0 amide bonds. The van der Waals surface area contributed by atoms with Crippen molar-refractivity contribution in [2.24, 2.45) is 5.92 Å². The number of tetrazole rings is 1. The van der Waals surface area contributed by atoms with Crippen LogP contribution in [0.15, 0.2) is 30.3 Å². The van der Waals surface area contributed by atoms with E-state index in [9.17, 15) is 0 Å². The van der Waals surface area contributed by atoms with E-state index in [0.29, 0.717) is 12.5 Å². The topological polar surface area (TPSA) is 65.2 Å². The van der Waals surface area contributed by atoms with Gasteiger partial charge in [-0.25, -0.2) is 4.98 Å². The average Bonchev–Trinajstić information content (AvgIpc) is 3.24. The second-order valence-corrected chi connectivity index (χ2v) is 7.78. The molecule has 4 heterocycles. The fourth-order valence-corrected chi connectivity index (χ4v) is 4.53. The molecule has 25 heavy (non-hydrogen) atoms. The smallest absolute Gasteiger partial charge is 0.192 e. The van der Waals surface area contributed by atoms with Gasteiger partial charge in [-0.05, 0) is 21.9 Å². The van der Waals surface area contributed by atoms with E-state index in [1.54, 1.807) is 15.9 Å². The van der Waals surface area contributed by atoms with E-state index in [0.717, 1.165) is 33.7 Å². The lowest BCUT2D eigenvalue weighted by Crippen LogP contribution is -2.26. The minimum Gasteiger partial charge on any atom is -0.372 e. The van der Waals surface area contributed by atoms with Crippen LogP contribution in [0.5, 0.6) is 0 Å². The molecule has 0 saturated carbocycles. The van der Waals surface area contributed by atoms with Crippen molar-refractivity contribution >= 4 is 27.2 Å². The van der Waals surface area contributed by atoms with E-state index in [-0.39, 0.29) is 6.10 Å². The lowest BCUT2D eigenvalue weighted by molar-refractivity contribution is 0.00203. The molecule has 126 valence electrons. The molecule has 1 atom stereocenters. The Kier molecular flexibility index (Phi) is 3.33. The van der Waals surface area contributed by atoms with Gasteiger partial charge in [0, 0.05) is 16.9 Å². The van der Waals surface area contributed by atoms with Crippen molar-refractivity contribution in [3.63, 3.8) is 0 Å². The number of nitrogens with zero attached hydrogens (tertiary/aromatic N) is 5. The van der Waals surface area contributed by atoms with Gasteiger partial charge < -0.3 is 4.74 Å². The first-order valence-electron chi connectivity index (χ1n) is 8.41. The monoisotopic (exact) mass is 351 g/mol. The van der Waals surface area contributed by atoms with Gasteiger partial charge in [0.2, 0.25) is 0 Å². The molecule has 6 nitrogen and oxygen atoms in total. The summed E-state index contributed by atoms with van der Waals surface area (Å²) in [6.07, 6.45) is 1.12. The highest BCUT2D eigenvalue weighted by Crippen LogP contribution is 2.39. The Hall–Kier alpha value is -2.38. The maximum atomic E-state index is 6.03. The number of aromatic nitrogens is 5. The number of rotatable bonds is 2. The third-order valence-electron chi connectivity index (χ3n) is 4.78. The zero-order valence-corrected chi connectivity index (χ0v) is 14.8. The Labute approximate surface area is 148 Å². The maximum Gasteiger partial charge on any atom is 0.192 e. The summed E-state index contributed by atoms with van der Waals surface area (Å²) in [5.74, 6) is 1.25. The molecule has 0 bridgehead atoms. The predicted molar refractivity (Wildman–Crippen MR) is 96.5 cm³/mol. The zero-order valence-electron chi connectivity index (χ0n) is 14.0. The van der Waals surface area contributed by atoms with E-state index < -0.39 is 0 Å². The van der Waals surface area contributed by atoms with Crippen LogP contribution in [0.4, 0.5) is 0 Å². The summed E-state index contributed by atoms with van der Waals surface area (Å²) in [6.45, 7) is 5.04. The third-order valence-corrected chi connectivity index (χ3v) is 5.88. The third kappa shape index (κ3) is 2.26. The first kappa shape index (κ1) is 14.9. The Morgan fingerprint density at radius 1 is 1.24 bits per heavy atom. The predicted octanol–water partition coefficient (Wildman–Crippen LogP) is 3.50. The van der Waals surface area contributed by atoms with Crippen molar-refractivity contribution in [3.8, 4) is 11.4 Å². The minimum absolute atomic E-state index is 0.232. The van der Waals surface area contributed by atoms with E-state index >= 15 is 0 Å². The highest BCUT2D eigenvalue weighted by Gasteiger charge is 2.28. The molecule has 1 aliphatic heterocycles. The van der Waals surface area contributed by atoms with Gasteiger partial charge in [0.25, 0.3) is 0 Å². The number of fused-ring (bicyclic) bond motifs is 5. The molecule has 4 aromatic rings. The molecular weight excluding hydrogens is 334 g/mol. The summed E-state index contributed by atoms with van der Waals surface area (Å²) >= 11 is 1.70. The summed E-state index contributed by atoms with van der Waals surface area (Å²) in [5, 5.41) is 13.5. The lowest BCUT2D eigenvalue weighted by Gasteiger charge is -2.26. The van der Waals surface area contributed by atoms with Crippen LogP contribution in [0.25, 0.3) is 27.3 Å². The normalized spacial score (nSPS) is 17.5. The van der Waals surface area contributed by atoms with Crippen molar-refractivity contribution in [1.82, 2.24) is 25.0 Å². The molecule has 0 aliphatic carbocycles. The average molecular weight is 351 g/mol. The van der Waals surface area contributed by atoms with Crippen molar-refractivity contribution in [2.45, 2.75) is 33.0 Å². The summed E-state index contributed by atoms with van der Waals surface area (Å²) < 4.78 is 7.78. The second kappa shape index (κ2) is 5.57. The molecule has 1 aromatic carbocycles. The van der Waals surface area contributed by atoms with Gasteiger partial charge in [0.05, 0.1) is 18.1 Å². The quantitative estimate of drug-likeness (QED) is 0.553. The second-order valence-electron chi connectivity index (χ2n) is 6.70. The van der Waals surface area contributed by atoms with Crippen LogP contribution in [-0.2, 0) is 17.8 Å². The Morgan fingerprint density at radius 3 is 2.88 bits per heavy atom. The van der Waals surface area contributed by atoms with Gasteiger partial charge in [-0.1, -0.05) is 44.2 Å². The van der Waals surface area contributed by atoms with Crippen LogP contribution in [0.3, 0.4) is 0 Å². The summed E-state index contributed by atoms with van der Waals surface area (Å²) in [7, 11) is 0. The summed E-state index contributed by atoms with van der Waals surface area (Å²) in [5.41, 5.74) is 3.09.